The Hall–Kier alpha value is -1.55. The molecule has 1 N–H and O–H groups in total. The highest BCUT2D eigenvalue weighted by Crippen LogP contribution is 2.13. The summed E-state index contributed by atoms with van der Waals surface area (Å²) in [5, 5.41) is 2.67. The van der Waals surface area contributed by atoms with Crippen LogP contribution in [0.4, 0.5) is 0 Å². The molecule has 4 nitrogen and oxygen atoms in total. The van der Waals surface area contributed by atoms with E-state index in [0.29, 0.717) is 12.1 Å². The lowest BCUT2D eigenvalue weighted by molar-refractivity contribution is -0.118. The number of hydrogen-bond donors (Lipinski definition) is 1. The summed E-state index contributed by atoms with van der Waals surface area (Å²) >= 11 is 5.36. The normalized spacial score (nSPS) is 10.5. The zero-order chi connectivity index (χ0) is 10.7. The van der Waals surface area contributed by atoms with Gasteiger partial charge in [0.2, 0.25) is 5.91 Å². The third-order valence-electron chi connectivity index (χ3n) is 2.01. The summed E-state index contributed by atoms with van der Waals surface area (Å²) in [6.07, 6.45) is 1.39. The van der Waals surface area contributed by atoms with Crippen molar-refractivity contribution in [2.75, 3.05) is 5.88 Å². The Labute approximate surface area is 91.2 Å². The zero-order valence-electron chi connectivity index (χ0n) is 7.87. The first-order chi connectivity index (χ1) is 7.29. The molecule has 0 bridgehead atoms. The molecule has 0 fully saturated rings. The maximum absolute atomic E-state index is 10.9. The van der Waals surface area contributed by atoms with Crippen LogP contribution in [0.1, 0.15) is 5.56 Å². The monoisotopic (exact) mass is 224 g/mol. The van der Waals surface area contributed by atoms with Gasteiger partial charge in [-0.2, -0.15) is 0 Å². The number of amides is 1. The molecule has 1 aromatic heterocycles. The lowest BCUT2D eigenvalue weighted by atomic mass is 10.2. The SMILES string of the molecule is O=C(CCl)NCc1ccc2ncoc2c1. The summed E-state index contributed by atoms with van der Waals surface area (Å²) in [6, 6.07) is 5.58. The standard InChI is InChI=1S/C10H9ClN2O2/c11-4-10(14)12-5-7-1-2-8-9(3-7)15-6-13-8/h1-3,6H,4-5H2,(H,12,14). The fourth-order valence-electron chi connectivity index (χ4n) is 1.26. The molecular formula is C10H9ClN2O2. The molecule has 0 aliphatic rings. The molecule has 15 heavy (non-hydrogen) atoms. The van der Waals surface area contributed by atoms with Crippen molar-refractivity contribution < 1.29 is 9.21 Å². The topological polar surface area (TPSA) is 55.1 Å². The largest absolute Gasteiger partial charge is 0.443 e. The van der Waals surface area contributed by atoms with Crippen molar-refractivity contribution in [2.24, 2.45) is 0 Å². The molecule has 0 aliphatic heterocycles. The van der Waals surface area contributed by atoms with Crippen LogP contribution in [-0.4, -0.2) is 16.8 Å². The molecule has 0 spiro atoms. The van der Waals surface area contributed by atoms with Crippen molar-refractivity contribution >= 4 is 28.6 Å². The number of halogens is 1. The number of carbonyl (C=O) groups is 1. The maximum Gasteiger partial charge on any atom is 0.235 e. The van der Waals surface area contributed by atoms with Crippen LogP contribution in [0.3, 0.4) is 0 Å². The Morgan fingerprint density at radius 1 is 1.53 bits per heavy atom. The minimum absolute atomic E-state index is 0.0233. The molecule has 0 unspecified atom stereocenters. The molecule has 78 valence electrons. The van der Waals surface area contributed by atoms with Crippen molar-refractivity contribution in [2.45, 2.75) is 6.54 Å². The van der Waals surface area contributed by atoms with E-state index in [1.165, 1.54) is 6.39 Å². The molecule has 2 aromatic rings. The fraction of sp³-hybridized carbons (Fsp3) is 0.200. The van der Waals surface area contributed by atoms with Gasteiger partial charge >= 0.3 is 0 Å². The minimum Gasteiger partial charge on any atom is -0.443 e. The van der Waals surface area contributed by atoms with Crippen molar-refractivity contribution in [3.63, 3.8) is 0 Å². The molecule has 2 rings (SSSR count). The summed E-state index contributed by atoms with van der Waals surface area (Å²) in [5.41, 5.74) is 2.48. The third kappa shape index (κ3) is 2.27. The third-order valence-corrected chi connectivity index (χ3v) is 2.25. The van der Waals surface area contributed by atoms with Gasteiger partial charge in [0.25, 0.3) is 0 Å². The first-order valence-corrected chi connectivity index (χ1v) is 4.98. The minimum atomic E-state index is -0.186. The molecule has 5 heteroatoms. The van der Waals surface area contributed by atoms with E-state index in [-0.39, 0.29) is 11.8 Å². The molecule has 1 heterocycles. The van der Waals surface area contributed by atoms with E-state index < -0.39 is 0 Å². The van der Waals surface area contributed by atoms with E-state index in [2.05, 4.69) is 10.3 Å². The highest BCUT2D eigenvalue weighted by molar-refractivity contribution is 6.27. The first-order valence-electron chi connectivity index (χ1n) is 4.44. The van der Waals surface area contributed by atoms with Crippen molar-refractivity contribution in [3.05, 3.63) is 30.2 Å². The van der Waals surface area contributed by atoms with E-state index >= 15 is 0 Å². The lowest BCUT2D eigenvalue weighted by Gasteiger charge is -2.02. The van der Waals surface area contributed by atoms with Crippen molar-refractivity contribution in [1.82, 2.24) is 10.3 Å². The van der Waals surface area contributed by atoms with Crippen LogP contribution >= 0.6 is 11.6 Å². The number of fused-ring (bicyclic) bond motifs is 1. The molecule has 0 aliphatic carbocycles. The van der Waals surface area contributed by atoms with Crippen LogP contribution in [0, 0.1) is 0 Å². The number of carbonyl (C=O) groups excluding carboxylic acids is 1. The second kappa shape index (κ2) is 4.31. The number of aromatic nitrogens is 1. The summed E-state index contributed by atoms with van der Waals surface area (Å²) < 4.78 is 5.14. The molecule has 0 atom stereocenters. The summed E-state index contributed by atoms with van der Waals surface area (Å²) in [4.78, 5) is 14.9. The second-order valence-corrected chi connectivity index (χ2v) is 3.33. The van der Waals surface area contributed by atoms with Crippen LogP contribution in [0.5, 0.6) is 0 Å². The van der Waals surface area contributed by atoms with E-state index in [1.54, 1.807) is 0 Å². The Morgan fingerprint density at radius 2 is 2.40 bits per heavy atom. The fourth-order valence-corrected chi connectivity index (χ4v) is 1.35. The second-order valence-electron chi connectivity index (χ2n) is 3.06. The van der Waals surface area contributed by atoms with E-state index in [0.717, 1.165) is 11.1 Å². The van der Waals surface area contributed by atoms with Crippen LogP contribution < -0.4 is 5.32 Å². The highest BCUT2D eigenvalue weighted by atomic mass is 35.5. The van der Waals surface area contributed by atoms with Crippen LogP contribution in [0.25, 0.3) is 11.1 Å². The van der Waals surface area contributed by atoms with Crippen molar-refractivity contribution in [3.8, 4) is 0 Å². The van der Waals surface area contributed by atoms with E-state index in [9.17, 15) is 4.79 Å². The molecule has 0 saturated heterocycles. The predicted molar refractivity (Wildman–Crippen MR) is 56.6 cm³/mol. The lowest BCUT2D eigenvalue weighted by Crippen LogP contribution is -2.23. The van der Waals surface area contributed by atoms with E-state index in [1.807, 2.05) is 18.2 Å². The molecular weight excluding hydrogens is 216 g/mol. The summed E-state index contributed by atoms with van der Waals surface area (Å²) in [5.74, 6) is -0.209. The number of alkyl halides is 1. The van der Waals surface area contributed by atoms with Gasteiger partial charge in [-0.3, -0.25) is 4.79 Å². The average molecular weight is 225 g/mol. The first kappa shape index (κ1) is 9.98. The van der Waals surface area contributed by atoms with Gasteiger partial charge < -0.3 is 9.73 Å². The van der Waals surface area contributed by atoms with Gasteiger partial charge in [0.05, 0.1) is 0 Å². The van der Waals surface area contributed by atoms with Gasteiger partial charge in [0.1, 0.15) is 11.4 Å². The average Bonchev–Trinajstić information content (AvgIpc) is 2.72. The van der Waals surface area contributed by atoms with Gasteiger partial charge in [0, 0.05) is 6.54 Å². The molecule has 0 radical (unpaired) electrons. The van der Waals surface area contributed by atoms with Gasteiger partial charge in [0.15, 0.2) is 12.0 Å². The summed E-state index contributed by atoms with van der Waals surface area (Å²) in [7, 11) is 0. The Balaban J connectivity index is 2.11. The number of nitrogens with zero attached hydrogens (tertiary/aromatic N) is 1. The molecule has 1 amide bonds. The number of hydrogen-bond acceptors (Lipinski definition) is 3. The Bertz CT molecular complexity index is 481. The number of benzene rings is 1. The zero-order valence-corrected chi connectivity index (χ0v) is 8.62. The van der Waals surface area contributed by atoms with Gasteiger partial charge in [-0.1, -0.05) is 6.07 Å². The van der Waals surface area contributed by atoms with Crippen LogP contribution in [0.2, 0.25) is 0 Å². The number of oxazole rings is 1. The predicted octanol–water partition coefficient (Wildman–Crippen LogP) is 1.68. The van der Waals surface area contributed by atoms with Gasteiger partial charge in [-0.15, -0.1) is 11.6 Å². The smallest absolute Gasteiger partial charge is 0.235 e. The van der Waals surface area contributed by atoms with E-state index in [4.69, 9.17) is 16.0 Å². The number of rotatable bonds is 3. The number of nitrogens with one attached hydrogen (secondary N) is 1. The summed E-state index contributed by atoms with van der Waals surface area (Å²) in [6.45, 7) is 0.447. The molecule has 0 saturated carbocycles. The molecule has 1 aromatic carbocycles. The Kier molecular flexibility index (Phi) is 2.87. The van der Waals surface area contributed by atoms with Crippen LogP contribution in [-0.2, 0) is 11.3 Å². The van der Waals surface area contributed by atoms with Gasteiger partial charge in [-0.25, -0.2) is 4.98 Å². The highest BCUT2D eigenvalue weighted by Gasteiger charge is 2.02. The quantitative estimate of drug-likeness (QED) is 0.808. The maximum atomic E-state index is 10.9. The van der Waals surface area contributed by atoms with Gasteiger partial charge in [-0.05, 0) is 17.7 Å². The van der Waals surface area contributed by atoms with Crippen LogP contribution in [0.15, 0.2) is 29.0 Å². The Morgan fingerprint density at radius 3 is 3.20 bits per heavy atom. The van der Waals surface area contributed by atoms with Crippen molar-refractivity contribution in [1.29, 1.82) is 0 Å².